The zero-order valence-electron chi connectivity index (χ0n) is 12.2. The van der Waals surface area contributed by atoms with Gasteiger partial charge in [0.15, 0.2) is 5.60 Å². The summed E-state index contributed by atoms with van der Waals surface area (Å²) in [5.41, 5.74) is -1.23. The molecule has 3 nitrogen and oxygen atoms in total. The lowest BCUT2D eigenvalue weighted by molar-refractivity contribution is -0.123. The molecule has 1 fully saturated rings. The van der Waals surface area contributed by atoms with Gasteiger partial charge in [0, 0.05) is 23.0 Å². The maximum atomic E-state index is 14.2. The number of nitrogens with one attached hydrogen (secondary N) is 1. The Hall–Kier alpha value is -2.08. The van der Waals surface area contributed by atoms with Crippen LogP contribution in [0, 0.1) is 11.7 Å². The number of benzene rings is 1. The Morgan fingerprint density at radius 3 is 2.83 bits per heavy atom. The van der Waals surface area contributed by atoms with Gasteiger partial charge < -0.3 is 10.1 Å². The first-order valence-corrected chi connectivity index (χ1v) is 7.56. The fourth-order valence-corrected chi connectivity index (χ4v) is 3.00. The van der Waals surface area contributed by atoms with Crippen LogP contribution in [0.1, 0.15) is 24.0 Å². The minimum atomic E-state index is -2.84. The Kier molecular flexibility index (Phi) is 3.30. The van der Waals surface area contributed by atoms with Crippen LogP contribution in [0.3, 0.4) is 0 Å². The minimum absolute atomic E-state index is 0.119. The number of rotatable bonds is 4. The van der Waals surface area contributed by atoms with Crippen molar-refractivity contribution in [1.82, 2.24) is 4.98 Å². The van der Waals surface area contributed by atoms with Crippen LogP contribution in [0.2, 0.25) is 0 Å². The number of aromatic nitrogens is 1. The van der Waals surface area contributed by atoms with Crippen molar-refractivity contribution in [2.45, 2.75) is 24.9 Å². The first kappa shape index (κ1) is 14.5. The summed E-state index contributed by atoms with van der Waals surface area (Å²) in [4.78, 5) is 4.14. The molecule has 1 unspecified atom stereocenters. The normalized spacial score (nSPS) is 22.4. The molecule has 23 heavy (non-hydrogen) atoms. The third kappa shape index (κ3) is 2.28. The molecule has 1 aromatic carbocycles. The second-order valence-electron chi connectivity index (χ2n) is 6.01. The molecular formula is C17H15F3N2O. The largest absolute Gasteiger partial charge is 0.359 e. The quantitative estimate of drug-likeness (QED) is 0.916. The van der Waals surface area contributed by atoms with E-state index in [0.717, 1.165) is 18.9 Å². The molecular weight excluding hydrogens is 305 g/mol. The molecule has 1 N–H and O–H groups in total. The minimum Gasteiger partial charge on any atom is -0.359 e. The maximum absolute atomic E-state index is 14.2. The highest BCUT2D eigenvalue weighted by Crippen LogP contribution is 2.50. The first-order chi connectivity index (χ1) is 11.1. The van der Waals surface area contributed by atoms with Crippen LogP contribution < -0.4 is 5.32 Å². The van der Waals surface area contributed by atoms with Gasteiger partial charge in [0.1, 0.15) is 11.6 Å². The average molecular weight is 320 g/mol. The summed E-state index contributed by atoms with van der Waals surface area (Å²) in [6.07, 6.45) is 0.644. The van der Waals surface area contributed by atoms with Crippen LogP contribution in [0.4, 0.5) is 24.7 Å². The first-order valence-electron chi connectivity index (χ1n) is 7.56. The van der Waals surface area contributed by atoms with Crippen molar-refractivity contribution in [3.05, 3.63) is 53.5 Å². The molecule has 0 radical (unpaired) electrons. The van der Waals surface area contributed by atoms with E-state index in [9.17, 15) is 13.2 Å². The van der Waals surface area contributed by atoms with Gasteiger partial charge in [-0.1, -0.05) is 6.07 Å². The lowest BCUT2D eigenvalue weighted by atomic mass is 9.82. The van der Waals surface area contributed by atoms with E-state index >= 15 is 0 Å². The highest BCUT2D eigenvalue weighted by atomic mass is 19.3. The Balaban J connectivity index is 1.92. The lowest BCUT2D eigenvalue weighted by Crippen LogP contribution is -2.43. The van der Waals surface area contributed by atoms with Gasteiger partial charge in [-0.2, -0.15) is 0 Å². The van der Waals surface area contributed by atoms with E-state index in [2.05, 4.69) is 10.3 Å². The molecule has 0 spiro atoms. The van der Waals surface area contributed by atoms with E-state index in [1.54, 1.807) is 12.1 Å². The summed E-state index contributed by atoms with van der Waals surface area (Å²) < 4.78 is 48.0. The third-order valence-electron chi connectivity index (χ3n) is 4.39. The summed E-state index contributed by atoms with van der Waals surface area (Å²) in [7, 11) is 0. The second kappa shape index (κ2) is 5.23. The van der Waals surface area contributed by atoms with Crippen molar-refractivity contribution in [2.24, 2.45) is 5.92 Å². The van der Waals surface area contributed by atoms with E-state index < -0.39 is 17.8 Å². The monoisotopic (exact) mass is 320 g/mol. The van der Waals surface area contributed by atoms with Crippen LogP contribution in [0.25, 0.3) is 0 Å². The molecule has 0 amide bonds. The van der Waals surface area contributed by atoms with E-state index in [-0.39, 0.29) is 17.7 Å². The molecule has 1 aromatic heterocycles. The number of nitrogens with zero attached hydrogens (tertiary/aromatic N) is 1. The van der Waals surface area contributed by atoms with Crippen LogP contribution in [-0.4, -0.2) is 18.0 Å². The highest BCUT2D eigenvalue weighted by Gasteiger charge is 2.51. The standard InChI is InChI=1S/C17H15F3N2O/c18-11-5-6-14-13(8-11)17(16(19)20,23-9-10-3-4-10)12-2-1-7-21-15(12)22-14/h1-2,5-8,10,16H,3-4,9H2,(H,21,22). The zero-order chi connectivity index (χ0) is 16.0. The summed E-state index contributed by atoms with van der Waals surface area (Å²) in [5.74, 6) is 0.0540. The molecule has 4 rings (SSSR count). The molecule has 1 aliphatic heterocycles. The van der Waals surface area contributed by atoms with Crippen molar-refractivity contribution in [3.8, 4) is 0 Å². The Bertz CT molecular complexity index is 748. The third-order valence-corrected chi connectivity index (χ3v) is 4.39. The van der Waals surface area contributed by atoms with Crippen LogP contribution in [-0.2, 0) is 10.3 Å². The van der Waals surface area contributed by atoms with Gasteiger partial charge in [-0.3, -0.25) is 0 Å². The summed E-state index contributed by atoms with van der Waals surface area (Å²) in [6, 6.07) is 6.94. The van der Waals surface area contributed by atoms with Crippen molar-refractivity contribution in [2.75, 3.05) is 11.9 Å². The fraction of sp³-hybridized carbons (Fsp3) is 0.353. The number of pyridine rings is 1. The smallest absolute Gasteiger partial charge is 0.275 e. The molecule has 0 saturated heterocycles. The number of hydrogen-bond acceptors (Lipinski definition) is 3. The Morgan fingerprint density at radius 1 is 1.26 bits per heavy atom. The highest BCUT2D eigenvalue weighted by molar-refractivity contribution is 5.72. The van der Waals surface area contributed by atoms with Crippen LogP contribution >= 0.6 is 0 Å². The average Bonchev–Trinajstić information content (AvgIpc) is 3.36. The lowest BCUT2D eigenvalue weighted by Gasteiger charge is -2.39. The van der Waals surface area contributed by atoms with Crippen LogP contribution in [0.5, 0.6) is 0 Å². The predicted molar refractivity (Wildman–Crippen MR) is 79.4 cm³/mol. The zero-order valence-corrected chi connectivity index (χ0v) is 12.2. The molecule has 1 atom stereocenters. The molecule has 1 saturated carbocycles. The maximum Gasteiger partial charge on any atom is 0.275 e. The SMILES string of the molecule is Fc1ccc2c(c1)C(OCC1CC1)(C(F)F)c1cccnc1N2. The van der Waals surface area contributed by atoms with Crippen molar-refractivity contribution in [1.29, 1.82) is 0 Å². The summed E-state index contributed by atoms with van der Waals surface area (Å²) in [5, 5.41) is 2.99. The molecule has 120 valence electrons. The van der Waals surface area contributed by atoms with Crippen molar-refractivity contribution >= 4 is 11.5 Å². The molecule has 2 aliphatic rings. The number of hydrogen-bond donors (Lipinski definition) is 1. The fourth-order valence-electron chi connectivity index (χ4n) is 3.00. The molecule has 1 aliphatic carbocycles. The van der Waals surface area contributed by atoms with Gasteiger partial charge in [0.2, 0.25) is 0 Å². The molecule has 6 heteroatoms. The van der Waals surface area contributed by atoms with Crippen molar-refractivity contribution < 1.29 is 17.9 Å². The van der Waals surface area contributed by atoms with Gasteiger partial charge in [0.05, 0.1) is 6.61 Å². The van der Waals surface area contributed by atoms with E-state index in [0.29, 0.717) is 17.4 Å². The van der Waals surface area contributed by atoms with E-state index in [1.165, 1.54) is 18.3 Å². The number of anilines is 2. The molecule has 2 heterocycles. The topological polar surface area (TPSA) is 34.1 Å². The van der Waals surface area contributed by atoms with Gasteiger partial charge in [0.25, 0.3) is 6.43 Å². The summed E-state index contributed by atoms with van der Waals surface area (Å²) >= 11 is 0. The van der Waals surface area contributed by atoms with Gasteiger partial charge in [-0.15, -0.1) is 0 Å². The van der Waals surface area contributed by atoms with E-state index in [4.69, 9.17) is 4.74 Å². The van der Waals surface area contributed by atoms with Gasteiger partial charge in [-0.05, 0) is 43.0 Å². The number of alkyl halides is 2. The number of ether oxygens (including phenoxy) is 1. The Labute approximate surface area is 131 Å². The predicted octanol–water partition coefficient (Wildman–Crippen LogP) is 4.21. The van der Waals surface area contributed by atoms with E-state index in [1.807, 2.05) is 0 Å². The van der Waals surface area contributed by atoms with Gasteiger partial charge >= 0.3 is 0 Å². The van der Waals surface area contributed by atoms with Crippen LogP contribution in [0.15, 0.2) is 36.5 Å². The Morgan fingerprint density at radius 2 is 2.09 bits per heavy atom. The molecule has 0 bridgehead atoms. The van der Waals surface area contributed by atoms with Crippen molar-refractivity contribution in [3.63, 3.8) is 0 Å². The number of halogens is 3. The van der Waals surface area contributed by atoms with Gasteiger partial charge in [-0.25, -0.2) is 18.2 Å². The number of fused-ring (bicyclic) bond motifs is 2. The summed E-state index contributed by atoms with van der Waals surface area (Å²) in [6.45, 7) is 0.231. The molecule has 2 aromatic rings. The second-order valence-corrected chi connectivity index (χ2v) is 6.01.